The molecule has 0 unspecified atom stereocenters. The normalized spacial score (nSPS) is 11.4. The van der Waals surface area contributed by atoms with E-state index in [1.165, 1.54) is 0 Å². The summed E-state index contributed by atoms with van der Waals surface area (Å²) >= 11 is 0. The Hall–Kier alpha value is -2.23. The number of nitrogens with one attached hydrogen (secondary N) is 1. The third-order valence-electron chi connectivity index (χ3n) is 4.34. The van der Waals surface area contributed by atoms with Crippen LogP contribution in [0.25, 0.3) is 5.69 Å². The highest BCUT2D eigenvalue weighted by Gasteiger charge is 2.22. The van der Waals surface area contributed by atoms with E-state index in [0.29, 0.717) is 0 Å². The molecule has 2 rings (SSSR count). The van der Waals surface area contributed by atoms with Gasteiger partial charge in [-0.3, -0.25) is 4.79 Å². The predicted molar refractivity (Wildman–Crippen MR) is 93.6 cm³/mol. The highest BCUT2D eigenvalue weighted by atomic mass is 16.5. The number of nitrogens with zero attached hydrogens (tertiary/aromatic N) is 1. The Labute approximate surface area is 138 Å². The molecule has 1 amide bonds. The van der Waals surface area contributed by atoms with Crippen molar-refractivity contribution in [1.82, 2.24) is 9.88 Å². The van der Waals surface area contributed by atoms with Crippen LogP contribution in [0.3, 0.4) is 0 Å². The summed E-state index contributed by atoms with van der Waals surface area (Å²) in [6, 6.07) is 9.79. The number of methoxy groups -OCH3 is 1. The lowest BCUT2D eigenvalue weighted by atomic mass is 10.0. The number of carbonyl (C=O) groups excluding carboxylic acids is 1. The molecule has 1 aromatic heterocycles. The van der Waals surface area contributed by atoms with E-state index in [2.05, 4.69) is 16.8 Å². The molecule has 0 atom stereocenters. The van der Waals surface area contributed by atoms with Crippen molar-refractivity contribution in [2.24, 2.45) is 0 Å². The Morgan fingerprint density at radius 1 is 1.22 bits per heavy atom. The minimum Gasteiger partial charge on any atom is -0.497 e. The van der Waals surface area contributed by atoms with Gasteiger partial charge in [0, 0.05) is 22.6 Å². The molecule has 4 nitrogen and oxygen atoms in total. The fraction of sp³-hybridized carbons (Fsp3) is 0.421. The van der Waals surface area contributed by atoms with Gasteiger partial charge in [-0.2, -0.15) is 0 Å². The molecule has 4 heteroatoms. The highest BCUT2D eigenvalue weighted by molar-refractivity contribution is 5.96. The van der Waals surface area contributed by atoms with Crippen molar-refractivity contribution >= 4 is 5.91 Å². The van der Waals surface area contributed by atoms with Crippen LogP contribution in [0.15, 0.2) is 30.3 Å². The summed E-state index contributed by atoms with van der Waals surface area (Å²) in [4.78, 5) is 12.6. The average molecular weight is 314 g/mol. The SMILES string of the molecule is CCC(C)(C)NC(=O)c1cc(C)n(-c2ccc(OC)cc2)c1C. The molecule has 0 spiro atoms. The summed E-state index contributed by atoms with van der Waals surface area (Å²) in [6.07, 6.45) is 0.885. The molecule has 1 aromatic carbocycles. The third-order valence-corrected chi connectivity index (χ3v) is 4.34. The third kappa shape index (κ3) is 3.58. The molecule has 0 bridgehead atoms. The lowest BCUT2D eigenvalue weighted by molar-refractivity contribution is 0.0910. The smallest absolute Gasteiger partial charge is 0.253 e. The van der Waals surface area contributed by atoms with Crippen molar-refractivity contribution in [1.29, 1.82) is 0 Å². The van der Waals surface area contributed by atoms with Gasteiger partial charge in [-0.1, -0.05) is 6.92 Å². The van der Waals surface area contributed by atoms with Crippen LogP contribution < -0.4 is 10.1 Å². The Kier molecular flexibility index (Phi) is 4.83. The molecule has 1 N–H and O–H groups in total. The van der Waals surface area contributed by atoms with E-state index in [9.17, 15) is 4.79 Å². The van der Waals surface area contributed by atoms with Gasteiger partial charge in [0.25, 0.3) is 5.91 Å². The Balaban J connectivity index is 2.37. The van der Waals surface area contributed by atoms with E-state index in [0.717, 1.165) is 34.8 Å². The number of hydrogen-bond acceptors (Lipinski definition) is 2. The quantitative estimate of drug-likeness (QED) is 0.906. The molecule has 0 aliphatic rings. The maximum absolute atomic E-state index is 12.6. The number of carbonyl (C=O) groups is 1. The zero-order valence-electron chi connectivity index (χ0n) is 14.9. The van der Waals surface area contributed by atoms with Crippen LogP contribution in [0, 0.1) is 13.8 Å². The number of benzene rings is 1. The molecule has 1 heterocycles. The van der Waals surface area contributed by atoms with Crippen molar-refractivity contribution in [3.05, 3.63) is 47.3 Å². The van der Waals surface area contributed by atoms with Gasteiger partial charge in [-0.15, -0.1) is 0 Å². The summed E-state index contributed by atoms with van der Waals surface area (Å²) in [7, 11) is 1.65. The number of ether oxygens (including phenoxy) is 1. The highest BCUT2D eigenvalue weighted by Crippen LogP contribution is 2.23. The van der Waals surface area contributed by atoms with Crippen molar-refractivity contribution in [3.63, 3.8) is 0 Å². The zero-order chi connectivity index (χ0) is 17.2. The molecule has 0 saturated heterocycles. The second kappa shape index (κ2) is 6.49. The predicted octanol–water partition coefficient (Wildman–Crippen LogP) is 4.02. The monoisotopic (exact) mass is 314 g/mol. The summed E-state index contributed by atoms with van der Waals surface area (Å²) < 4.78 is 7.29. The zero-order valence-corrected chi connectivity index (χ0v) is 14.9. The Morgan fingerprint density at radius 2 is 1.83 bits per heavy atom. The molecule has 0 saturated carbocycles. The molecular formula is C19H26N2O2. The van der Waals surface area contributed by atoms with Gasteiger partial charge in [0.15, 0.2) is 0 Å². The van der Waals surface area contributed by atoms with Crippen LogP contribution in [0.1, 0.15) is 48.9 Å². The van der Waals surface area contributed by atoms with Gasteiger partial charge in [-0.05, 0) is 64.4 Å². The fourth-order valence-corrected chi connectivity index (χ4v) is 2.58. The first-order valence-electron chi connectivity index (χ1n) is 7.95. The largest absolute Gasteiger partial charge is 0.497 e. The maximum atomic E-state index is 12.6. The lowest BCUT2D eigenvalue weighted by Crippen LogP contribution is -2.42. The summed E-state index contributed by atoms with van der Waals surface area (Å²) in [5.74, 6) is 0.795. The molecule has 0 radical (unpaired) electrons. The number of aromatic nitrogens is 1. The van der Waals surface area contributed by atoms with Crippen molar-refractivity contribution in [2.45, 2.75) is 46.6 Å². The van der Waals surface area contributed by atoms with Crippen LogP contribution in [0.4, 0.5) is 0 Å². The van der Waals surface area contributed by atoms with Gasteiger partial charge in [0.2, 0.25) is 0 Å². The van der Waals surface area contributed by atoms with E-state index < -0.39 is 0 Å². The second-order valence-corrected chi connectivity index (χ2v) is 6.51. The summed E-state index contributed by atoms with van der Waals surface area (Å²) in [6.45, 7) is 10.1. The molecular weight excluding hydrogens is 288 g/mol. The van der Waals surface area contributed by atoms with E-state index in [-0.39, 0.29) is 11.4 Å². The molecule has 124 valence electrons. The molecule has 0 aliphatic heterocycles. The molecule has 23 heavy (non-hydrogen) atoms. The van der Waals surface area contributed by atoms with Crippen LogP contribution in [0.5, 0.6) is 5.75 Å². The second-order valence-electron chi connectivity index (χ2n) is 6.51. The van der Waals surface area contributed by atoms with Gasteiger partial charge in [0.05, 0.1) is 12.7 Å². The molecule has 2 aromatic rings. The minimum absolute atomic E-state index is 0.0234. The number of hydrogen-bond donors (Lipinski definition) is 1. The van der Waals surface area contributed by atoms with Crippen molar-refractivity contribution in [2.75, 3.05) is 7.11 Å². The summed E-state index contributed by atoms with van der Waals surface area (Å²) in [5.41, 5.74) is 3.51. The van der Waals surface area contributed by atoms with Crippen molar-refractivity contribution in [3.8, 4) is 11.4 Å². The first-order valence-corrected chi connectivity index (χ1v) is 7.95. The first kappa shape index (κ1) is 17.1. The van der Waals surface area contributed by atoms with Gasteiger partial charge >= 0.3 is 0 Å². The van der Waals surface area contributed by atoms with Crippen LogP contribution in [-0.2, 0) is 0 Å². The number of rotatable bonds is 5. The van der Waals surface area contributed by atoms with Gasteiger partial charge < -0.3 is 14.6 Å². The molecule has 0 aliphatic carbocycles. The van der Waals surface area contributed by atoms with E-state index >= 15 is 0 Å². The average Bonchev–Trinajstić information content (AvgIpc) is 2.82. The minimum atomic E-state index is -0.209. The topological polar surface area (TPSA) is 43.3 Å². The van der Waals surface area contributed by atoms with E-state index in [1.54, 1.807) is 7.11 Å². The number of aryl methyl sites for hydroxylation is 1. The molecule has 0 fully saturated rings. The van der Waals surface area contributed by atoms with Crippen LogP contribution in [-0.4, -0.2) is 23.1 Å². The standard InChI is InChI=1S/C19H26N2O2/c1-7-19(4,5)20-18(22)17-12-13(2)21(14(17)3)15-8-10-16(23-6)11-9-15/h8-12H,7H2,1-6H3,(H,20,22). The Bertz CT molecular complexity index is 697. The van der Waals surface area contributed by atoms with Crippen molar-refractivity contribution < 1.29 is 9.53 Å². The first-order chi connectivity index (χ1) is 10.8. The number of amides is 1. The van der Waals surface area contributed by atoms with E-state index in [4.69, 9.17) is 4.74 Å². The lowest BCUT2D eigenvalue weighted by Gasteiger charge is -2.24. The Morgan fingerprint density at radius 3 is 2.35 bits per heavy atom. The van der Waals surface area contributed by atoms with Gasteiger partial charge in [0.1, 0.15) is 5.75 Å². The van der Waals surface area contributed by atoms with Crippen LogP contribution in [0.2, 0.25) is 0 Å². The summed E-state index contributed by atoms with van der Waals surface area (Å²) in [5, 5.41) is 3.10. The van der Waals surface area contributed by atoms with Gasteiger partial charge in [-0.25, -0.2) is 0 Å². The van der Waals surface area contributed by atoms with Crippen LogP contribution >= 0.6 is 0 Å². The fourth-order valence-electron chi connectivity index (χ4n) is 2.58. The van der Waals surface area contributed by atoms with E-state index in [1.807, 2.05) is 58.0 Å². The maximum Gasteiger partial charge on any atom is 0.253 e.